The summed E-state index contributed by atoms with van der Waals surface area (Å²) in [6.45, 7) is 3.81. The van der Waals surface area contributed by atoms with Crippen molar-refractivity contribution in [2.75, 3.05) is 42.6 Å². The van der Waals surface area contributed by atoms with Crippen LogP contribution < -0.4 is 9.80 Å². The second-order valence-electron chi connectivity index (χ2n) is 8.87. The normalized spacial score (nSPS) is 18.3. The minimum absolute atomic E-state index is 0.0541. The van der Waals surface area contributed by atoms with Gasteiger partial charge in [0.15, 0.2) is 0 Å². The van der Waals surface area contributed by atoms with Gasteiger partial charge in [0.1, 0.15) is 12.7 Å². The Bertz CT molecular complexity index is 1100. The van der Waals surface area contributed by atoms with E-state index >= 15 is 0 Å². The van der Waals surface area contributed by atoms with Crippen LogP contribution in [0.15, 0.2) is 84.9 Å². The number of anilines is 2. The van der Waals surface area contributed by atoms with Gasteiger partial charge in [-0.2, -0.15) is 0 Å². The van der Waals surface area contributed by atoms with Gasteiger partial charge in [0.25, 0.3) is 5.91 Å². The van der Waals surface area contributed by atoms with Crippen molar-refractivity contribution in [2.24, 2.45) is 0 Å². The number of carbonyl (C=O) groups is 2. The zero-order chi connectivity index (χ0) is 24.0. The van der Waals surface area contributed by atoms with Gasteiger partial charge in [0.05, 0.1) is 13.2 Å². The van der Waals surface area contributed by atoms with Gasteiger partial charge in [-0.3, -0.25) is 14.6 Å². The van der Waals surface area contributed by atoms with Gasteiger partial charge in [-0.25, -0.2) is 4.79 Å². The largest absolute Gasteiger partial charge is 0.443 e. The van der Waals surface area contributed by atoms with Gasteiger partial charge in [0, 0.05) is 37.6 Å². The molecule has 3 aromatic carbocycles. The first-order valence-corrected chi connectivity index (χ1v) is 11.9. The van der Waals surface area contributed by atoms with E-state index in [1.54, 1.807) is 9.80 Å². The maximum atomic E-state index is 12.7. The van der Waals surface area contributed by atoms with Gasteiger partial charge in [-0.05, 0) is 35.4 Å². The lowest BCUT2D eigenvalue weighted by atomic mass is 10.1. The van der Waals surface area contributed by atoms with Gasteiger partial charge < -0.3 is 14.4 Å². The molecule has 180 valence electrons. The summed E-state index contributed by atoms with van der Waals surface area (Å²) < 4.78 is 11.0. The van der Waals surface area contributed by atoms with Crippen LogP contribution in [0.5, 0.6) is 0 Å². The molecule has 0 radical (unpaired) electrons. The third-order valence-electron chi connectivity index (χ3n) is 6.29. The average Bonchev–Trinajstić information content (AvgIpc) is 3.25. The van der Waals surface area contributed by atoms with Crippen molar-refractivity contribution < 1.29 is 19.1 Å². The molecule has 0 saturated carbocycles. The lowest BCUT2D eigenvalue weighted by molar-refractivity contribution is -0.125. The Morgan fingerprint density at radius 2 is 1.34 bits per heavy atom. The predicted octanol–water partition coefficient (Wildman–Crippen LogP) is 4.08. The van der Waals surface area contributed by atoms with Crippen LogP contribution in [-0.2, 0) is 27.4 Å². The van der Waals surface area contributed by atoms with Crippen molar-refractivity contribution in [3.05, 3.63) is 96.1 Å². The molecule has 2 saturated heterocycles. The molecule has 5 rings (SSSR count). The van der Waals surface area contributed by atoms with Crippen LogP contribution in [-0.4, -0.2) is 55.9 Å². The van der Waals surface area contributed by atoms with E-state index in [0.717, 1.165) is 24.5 Å². The maximum Gasteiger partial charge on any atom is 0.414 e. The summed E-state index contributed by atoms with van der Waals surface area (Å²) in [5.74, 6) is -0.0541. The average molecular weight is 472 g/mol. The lowest BCUT2D eigenvalue weighted by Gasteiger charge is -2.27. The van der Waals surface area contributed by atoms with E-state index in [1.807, 2.05) is 60.7 Å². The number of cyclic esters (lactones) is 1. The van der Waals surface area contributed by atoms with Crippen LogP contribution in [0.3, 0.4) is 0 Å². The van der Waals surface area contributed by atoms with Crippen LogP contribution in [0.2, 0.25) is 0 Å². The van der Waals surface area contributed by atoms with Gasteiger partial charge in [-0.15, -0.1) is 0 Å². The molecule has 3 aromatic rings. The van der Waals surface area contributed by atoms with Crippen LogP contribution >= 0.6 is 0 Å². The van der Waals surface area contributed by atoms with Crippen molar-refractivity contribution in [1.29, 1.82) is 0 Å². The fourth-order valence-corrected chi connectivity index (χ4v) is 4.59. The smallest absolute Gasteiger partial charge is 0.414 e. The van der Waals surface area contributed by atoms with Crippen molar-refractivity contribution >= 4 is 23.4 Å². The standard InChI is InChI=1S/C28H29N3O4/c32-27-21-34-16-15-30(27)24-11-13-25(14-12-24)31-20-26(35-28(31)33)19-29(17-22-7-3-1-4-8-22)18-23-9-5-2-6-10-23/h1-14,26H,15-21H2. The quantitative estimate of drug-likeness (QED) is 0.496. The summed E-state index contributed by atoms with van der Waals surface area (Å²) in [5, 5.41) is 0. The van der Waals surface area contributed by atoms with Crippen LogP contribution in [0, 0.1) is 0 Å². The summed E-state index contributed by atoms with van der Waals surface area (Å²) in [6.07, 6.45) is -0.583. The molecule has 7 nitrogen and oxygen atoms in total. The number of benzene rings is 3. The van der Waals surface area contributed by atoms with Gasteiger partial charge in [0.2, 0.25) is 0 Å². The van der Waals surface area contributed by atoms with E-state index in [9.17, 15) is 9.59 Å². The fourth-order valence-electron chi connectivity index (χ4n) is 4.59. The highest BCUT2D eigenvalue weighted by atomic mass is 16.6. The first-order valence-electron chi connectivity index (χ1n) is 11.9. The summed E-state index contributed by atoms with van der Waals surface area (Å²) in [6, 6.07) is 28.2. The maximum absolute atomic E-state index is 12.7. The Balaban J connectivity index is 1.26. The fraction of sp³-hybridized carbons (Fsp3) is 0.286. The molecular formula is C28H29N3O4. The Morgan fingerprint density at radius 1 is 0.771 bits per heavy atom. The molecule has 1 unspecified atom stereocenters. The third-order valence-corrected chi connectivity index (χ3v) is 6.29. The number of morpholine rings is 1. The molecule has 2 aliphatic rings. The van der Waals surface area contributed by atoms with Crippen LogP contribution in [0.1, 0.15) is 11.1 Å². The summed E-state index contributed by atoms with van der Waals surface area (Å²) in [4.78, 5) is 30.5. The Kier molecular flexibility index (Phi) is 7.07. The second kappa shape index (κ2) is 10.7. The molecule has 35 heavy (non-hydrogen) atoms. The molecule has 0 spiro atoms. The third kappa shape index (κ3) is 5.70. The molecule has 2 amide bonds. The number of hydrogen-bond acceptors (Lipinski definition) is 5. The minimum Gasteiger partial charge on any atom is -0.443 e. The van der Waals surface area contributed by atoms with E-state index in [2.05, 4.69) is 29.2 Å². The van der Waals surface area contributed by atoms with E-state index in [1.165, 1.54) is 11.1 Å². The molecule has 1 atom stereocenters. The molecule has 2 aliphatic heterocycles. The van der Waals surface area contributed by atoms with Crippen molar-refractivity contribution in [2.45, 2.75) is 19.2 Å². The number of carbonyl (C=O) groups excluding carboxylic acids is 2. The zero-order valence-electron chi connectivity index (χ0n) is 19.6. The van der Waals surface area contributed by atoms with Crippen molar-refractivity contribution in [3.8, 4) is 0 Å². The Labute approximate surface area is 205 Å². The highest BCUT2D eigenvalue weighted by molar-refractivity contribution is 5.95. The number of amides is 2. The summed E-state index contributed by atoms with van der Waals surface area (Å²) >= 11 is 0. The zero-order valence-corrected chi connectivity index (χ0v) is 19.6. The molecule has 0 bridgehead atoms. The Morgan fingerprint density at radius 3 is 1.91 bits per heavy atom. The van der Waals surface area contributed by atoms with E-state index < -0.39 is 0 Å². The topological polar surface area (TPSA) is 62.3 Å². The Hall–Kier alpha value is -3.68. The van der Waals surface area contributed by atoms with E-state index in [4.69, 9.17) is 9.47 Å². The molecule has 2 heterocycles. The number of hydrogen-bond donors (Lipinski definition) is 0. The molecule has 7 heteroatoms. The molecule has 0 aromatic heterocycles. The SMILES string of the molecule is O=C1COCCN1c1ccc(N2CC(CN(Cc3ccccc3)Cc3ccccc3)OC2=O)cc1. The van der Waals surface area contributed by atoms with Crippen molar-refractivity contribution in [3.63, 3.8) is 0 Å². The summed E-state index contributed by atoms with van der Waals surface area (Å²) in [7, 11) is 0. The lowest BCUT2D eigenvalue weighted by Crippen LogP contribution is -2.41. The van der Waals surface area contributed by atoms with E-state index in [-0.39, 0.29) is 24.7 Å². The highest BCUT2D eigenvalue weighted by Crippen LogP contribution is 2.26. The predicted molar refractivity (Wildman–Crippen MR) is 134 cm³/mol. The molecular weight excluding hydrogens is 442 g/mol. The van der Waals surface area contributed by atoms with Gasteiger partial charge >= 0.3 is 6.09 Å². The molecule has 2 fully saturated rings. The highest BCUT2D eigenvalue weighted by Gasteiger charge is 2.33. The molecule has 0 aliphatic carbocycles. The van der Waals surface area contributed by atoms with E-state index in [0.29, 0.717) is 26.2 Å². The number of ether oxygens (including phenoxy) is 2. The van der Waals surface area contributed by atoms with Crippen LogP contribution in [0.25, 0.3) is 0 Å². The van der Waals surface area contributed by atoms with Crippen molar-refractivity contribution in [1.82, 2.24) is 4.90 Å². The monoisotopic (exact) mass is 471 g/mol. The number of nitrogens with zero attached hydrogens (tertiary/aromatic N) is 3. The first-order chi connectivity index (χ1) is 17.2. The molecule has 0 N–H and O–H groups in total. The van der Waals surface area contributed by atoms with Gasteiger partial charge in [-0.1, -0.05) is 60.7 Å². The summed E-state index contributed by atoms with van der Waals surface area (Å²) in [5.41, 5.74) is 4.01. The minimum atomic E-state index is -0.343. The number of rotatable bonds is 8. The van der Waals surface area contributed by atoms with Crippen LogP contribution in [0.4, 0.5) is 16.2 Å². The second-order valence-corrected chi connectivity index (χ2v) is 8.87. The first kappa shape index (κ1) is 23.1.